The zero-order chi connectivity index (χ0) is 14.4. The molecule has 0 radical (unpaired) electrons. The summed E-state index contributed by atoms with van der Waals surface area (Å²) in [7, 11) is -1.71. The summed E-state index contributed by atoms with van der Waals surface area (Å²) in [6, 6.07) is 0. The SMILES string of the molecule is CNS(=O)(=O)CCCSc1nnnn1C[C@H]1CCCO1. The molecule has 1 aliphatic rings. The van der Waals surface area contributed by atoms with Crippen molar-refractivity contribution in [2.24, 2.45) is 0 Å². The van der Waals surface area contributed by atoms with E-state index < -0.39 is 10.0 Å². The van der Waals surface area contributed by atoms with E-state index in [9.17, 15) is 8.42 Å². The van der Waals surface area contributed by atoms with Crippen molar-refractivity contribution >= 4 is 21.8 Å². The molecular formula is C10H19N5O3S2. The van der Waals surface area contributed by atoms with Crippen molar-refractivity contribution in [3.05, 3.63) is 0 Å². The topological polar surface area (TPSA) is 99.0 Å². The van der Waals surface area contributed by atoms with Crippen LogP contribution in [0.3, 0.4) is 0 Å². The number of rotatable bonds is 8. The van der Waals surface area contributed by atoms with E-state index in [0.717, 1.165) is 19.4 Å². The minimum Gasteiger partial charge on any atom is -0.376 e. The van der Waals surface area contributed by atoms with Gasteiger partial charge in [0, 0.05) is 12.4 Å². The van der Waals surface area contributed by atoms with Crippen LogP contribution in [0.5, 0.6) is 0 Å². The zero-order valence-electron chi connectivity index (χ0n) is 11.4. The molecule has 0 saturated carbocycles. The van der Waals surface area contributed by atoms with Crippen molar-refractivity contribution in [2.75, 3.05) is 25.2 Å². The second-order valence-corrected chi connectivity index (χ2v) is 7.61. The molecule has 1 aromatic heterocycles. The Morgan fingerprint density at radius 3 is 3.10 bits per heavy atom. The van der Waals surface area contributed by atoms with Gasteiger partial charge in [0.15, 0.2) is 0 Å². The molecule has 1 N–H and O–H groups in total. The number of aromatic nitrogens is 4. The smallest absolute Gasteiger partial charge is 0.211 e. The molecule has 0 amide bonds. The van der Waals surface area contributed by atoms with Crippen molar-refractivity contribution in [1.29, 1.82) is 0 Å². The van der Waals surface area contributed by atoms with Gasteiger partial charge in [-0.25, -0.2) is 17.8 Å². The predicted molar refractivity (Wildman–Crippen MR) is 75.0 cm³/mol. The van der Waals surface area contributed by atoms with Crippen LogP contribution >= 0.6 is 11.8 Å². The second-order valence-electron chi connectivity index (χ2n) is 4.50. The molecular weight excluding hydrogens is 302 g/mol. The Balaban J connectivity index is 1.77. The highest BCUT2D eigenvalue weighted by atomic mass is 32.2. The first-order valence-electron chi connectivity index (χ1n) is 6.52. The highest BCUT2D eigenvalue weighted by molar-refractivity contribution is 7.99. The third-order valence-electron chi connectivity index (χ3n) is 3.00. The van der Waals surface area contributed by atoms with Gasteiger partial charge in [0.25, 0.3) is 0 Å². The van der Waals surface area contributed by atoms with E-state index in [1.807, 2.05) is 0 Å². The van der Waals surface area contributed by atoms with Crippen LogP contribution in [0.4, 0.5) is 0 Å². The minimum atomic E-state index is -3.13. The normalized spacial score (nSPS) is 19.6. The minimum absolute atomic E-state index is 0.115. The summed E-state index contributed by atoms with van der Waals surface area (Å²) in [6.45, 7) is 1.46. The number of tetrazole rings is 1. The summed E-state index contributed by atoms with van der Waals surface area (Å²) >= 11 is 1.47. The highest BCUT2D eigenvalue weighted by Gasteiger charge is 2.18. The van der Waals surface area contributed by atoms with Gasteiger partial charge in [-0.1, -0.05) is 11.8 Å². The lowest BCUT2D eigenvalue weighted by atomic mass is 10.2. The number of hydrogen-bond acceptors (Lipinski definition) is 7. The summed E-state index contributed by atoms with van der Waals surface area (Å²) in [5.41, 5.74) is 0. The van der Waals surface area contributed by atoms with Crippen LogP contribution in [-0.4, -0.2) is 59.9 Å². The van der Waals surface area contributed by atoms with E-state index in [1.165, 1.54) is 18.8 Å². The van der Waals surface area contributed by atoms with Gasteiger partial charge >= 0.3 is 0 Å². The fourth-order valence-corrected chi connectivity index (χ4v) is 3.65. The van der Waals surface area contributed by atoms with Crippen LogP contribution in [-0.2, 0) is 21.3 Å². The van der Waals surface area contributed by atoms with Crippen LogP contribution in [0.1, 0.15) is 19.3 Å². The van der Waals surface area contributed by atoms with Gasteiger partial charge in [-0.3, -0.25) is 0 Å². The molecule has 2 heterocycles. The van der Waals surface area contributed by atoms with Gasteiger partial charge in [0.2, 0.25) is 15.2 Å². The molecule has 0 aromatic carbocycles. The molecule has 1 atom stereocenters. The Kier molecular flexibility index (Phi) is 5.75. The monoisotopic (exact) mass is 321 g/mol. The van der Waals surface area contributed by atoms with Crippen molar-refractivity contribution < 1.29 is 13.2 Å². The molecule has 0 aliphatic carbocycles. The third kappa shape index (κ3) is 4.69. The molecule has 1 aliphatic heterocycles. The summed E-state index contributed by atoms with van der Waals surface area (Å²) in [6.07, 6.45) is 2.85. The van der Waals surface area contributed by atoms with E-state index in [0.29, 0.717) is 23.9 Å². The standard InChI is InChI=1S/C10H19N5O3S2/c1-11-20(16,17)7-3-6-19-10-12-13-14-15(10)8-9-4-2-5-18-9/h9,11H,2-8H2,1H3/t9-/m1/s1. The van der Waals surface area contributed by atoms with Crippen LogP contribution in [0, 0.1) is 0 Å². The Hall–Kier alpha value is -0.710. The fourth-order valence-electron chi connectivity index (χ4n) is 1.91. The molecule has 20 heavy (non-hydrogen) atoms. The first kappa shape index (κ1) is 15.7. The van der Waals surface area contributed by atoms with Gasteiger partial charge in [-0.15, -0.1) is 5.10 Å². The van der Waals surface area contributed by atoms with E-state index in [-0.39, 0.29) is 11.9 Å². The first-order valence-corrected chi connectivity index (χ1v) is 9.16. The van der Waals surface area contributed by atoms with Crippen LogP contribution in [0.15, 0.2) is 5.16 Å². The van der Waals surface area contributed by atoms with E-state index in [2.05, 4.69) is 20.2 Å². The number of thioether (sulfide) groups is 1. The van der Waals surface area contributed by atoms with Crippen LogP contribution in [0.25, 0.3) is 0 Å². The van der Waals surface area contributed by atoms with E-state index >= 15 is 0 Å². The zero-order valence-corrected chi connectivity index (χ0v) is 13.0. The number of nitrogens with zero attached hydrogens (tertiary/aromatic N) is 4. The Bertz CT molecular complexity index is 513. The van der Waals surface area contributed by atoms with Crippen molar-refractivity contribution in [2.45, 2.75) is 37.1 Å². The summed E-state index contributed by atoms with van der Waals surface area (Å²) in [5, 5.41) is 12.3. The van der Waals surface area contributed by atoms with Crippen molar-refractivity contribution in [3.8, 4) is 0 Å². The Morgan fingerprint density at radius 1 is 1.55 bits per heavy atom. The van der Waals surface area contributed by atoms with E-state index in [1.54, 1.807) is 4.68 Å². The predicted octanol–water partition coefficient (Wildman–Crippen LogP) is -0.117. The Morgan fingerprint density at radius 2 is 2.40 bits per heavy atom. The van der Waals surface area contributed by atoms with Crippen molar-refractivity contribution in [1.82, 2.24) is 24.9 Å². The Labute approximate surface area is 122 Å². The molecule has 1 aromatic rings. The lowest BCUT2D eigenvalue weighted by Gasteiger charge is -2.09. The number of nitrogens with one attached hydrogen (secondary N) is 1. The highest BCUT2D eigenvalue weighted by Crippen LogP contribution is 2.18. The van der Waals surface area contributed by atoms with E-state index in [4.69, 9.17) is 4.74 Å². The average Bonchev–Trinajstić information content (AvgIpc) is 3.07. The summed E-state index contributed by atoms with van der Waals surface area (Å²) in [4.78, 5) is 0. The summed E-state index contributed by atoms with van der Waals surface area (Å²) < 4.78 is 32.1. The second kappa shape index (κ2) is 7.34. The van der Waals surface area contributed by atoms with Gasteiger partial charge in [-0.05, 0) is 36.7 Å². The molecule has 10 heteroatoms. The summed E-state index contributed by atoms with van der Waals surface area (Å²) in [5.74, 6) is 0.774. The van der Waals surface area contributed by atoms with Crippen LogP contribution in [0.2, 0.25) is 0 Å². The van der Waals surface area contributed by atoms with Gasteiger partial charge in [0.05, 0.1) is 18.4 Å². The quantitative estimate of drug-likeness (QED) is 0.526. The maximum Gasteiger partial charge on any atom is 0.211 e. The van der Waals surface area contributed by atoms with Crippen molar-refractivity contribution in [3.63, 3.8) is 0 Å². The fraction of sp³-hybridized carbons (Fsp3) is 0.900. The molecule has 2 rings (SSSR count). The molecule has 1 fully saturated rings. The largest absolute Gasteiger partial charge is 0.376 e. The molecule has 0 bridgehead atoms. The molecule has 8 nitrogen and oxygen atoms in total. The molecule has 114 valence electrons. The van der Waals surface area contributed by atoms with Gasteiger partial charge in [0.1, 0.15) is 0 Å². The van der Waals surface area contributed by atoms with Crippen LogP contribution < -0.4 is 4.72 Å². The molecule has 0 unspecified atom stereocenters. The number of sulfonamides is 1. The average molecular weight is 321 g/mol. The van der Waals surface area contributed by atoms with Gasteiger partial charge < -0.3 is 4.74 Å². The lowest BCUT2D eigenvalue weighted by molar-refractivity contribution is 0.0912. The lowest BCUT2D eigenvalue weighted by Crippen LogP contribution is -2.22. The first-order chi connectivity index (χ1) is 9.61. The maximum atomic E-state index is 11.3. The number of hydrogen-bond donors (Lipinski definition) is 1. The van der Waals surface area contributed by atoms with Gasteiger partial charge in [-0.2, -0.15) is 0 Å². The molecule has 0 spiro atoms. The third-order valence-corrected chi connectivity index (χ3v) is 5.49. The number of ether oxygens (including phenoxy) is 1. The maximum absolute atomic E-state index is 11.3. The molecule has 1 saturated heterocycles.